The molecule has 4 nitrogen and oxygen atoms in total. The van der Waals surface area contributed by atoms with Crippen molar-refractivity contribution in [2.45, 2.75) is 26.3 Å². The van der Waals surface area contributed by atoms with E-state index in [1.54, 1.807) is 7.11 Å². The Balaban J connectivity index is 2.81. The zero-order valence-corrected chi connectivity index (χ0v) is 10.7. The molecule has 17 heavy (non-hydrogen) atoms. The highest BCUT2D eigenvalue weighted by molar-refractivity contribution is 5.67. The molecule has 4 heteroatoms. The van der Waals surface area contributed by atoms with E-state index in [2.05, 4.69) is 23.9 Å². The molecule has 0 bridgehead atoms. The van der Waals surface area contributed by atoms with Crippen molar-refractivity contribution < 1.29 is 14.3 Å². The second-order valence-corrected chi connectivity index (χ2v) is 4.07. The number of ether oxygens (including phenoxy) is 2. The summed E-state index contributed by atoms with van der Waals surface area (Å²) < 4.78 is 9.83. The van der Waals surface area contributed by atoms with Crippen LogP contribution in [0.4, 0.5) is 4.79 Å². The van der Waals surface area contributed by atoms with E-state index in [1.807, 2.05) is 18.2 Å². The van der Waals surface area contributed by atoms with Crippen molar-refractivity contribution in [2.75, 3.05) is 14.2 Å². The van der Waals surface area contributed by atoms with Gasteiger partial charge < -0.3 is 14.8 Å². The van der Waals surface area contributed by atoms with Gasteiger partial charge in [-0.2, -0.15) is 0 Å². The van der Waals surface area contributed by atoms with Gasteiger partial charge in [-0.15, -0.1) is 0 Å². The van der Waals surface area contributed by atoms with Crippen LogP contribution >= 0.6 is 0 Å². The summed E-state index contributed by atoms with van der Waals surface area (Å²) in [5.74, 6) is 1.24. The topological polar surface area (TPSA) is 47.6 Å². The lowest BCUT2D eigenvalue weighted by atomic mass is 10.0. The molecule has 0 unspecified atom stereocenters. The van der Waals surface area contributed by atoms with Crippen LogP contribution in [0.3, 0.4) is 0 Å². The molecule has 1 aromatic rings. The molecule has 0 spiro atoms. The number of carbonyl (C=O) groups excluding carboxylic acids is 1. The van der Waals surface area contributed by atoms with E-state index >= 15 is 0 Å². The Morgan fingerprint density at radius 3 is 2.59 bits per heavy atom. The van der Waals surface area contributed by atoms with Crippen molar-refractivity contribution in [3.63, 3.8) is 0 Å². The van der Waals surface area contributed by atoms with Gasteiger partial charge in [0, 0.05) is 12.1 Å². The maximum absolute atomic E-state index is 11.0. The van der Waals surface area contributed by atoms with E-state index in [1.165, 1.54) is 12.7 Å². The van der Waals surface area contributed by atoms with E-state index in [-0.39, 0.29) is 0 Å². The second-order valence-electron chi connectivity index (χ2n) is 4.07. The van der Waals surface area contributed by atoms with Crippen molar-refractivity contribution in [1.82, 2.24) is 5.32 Å². The Hall–Kier alpha value is -1.71. The average Bonchev–Trinajstić information content (AvgIpc) is 2.35. The number of carbonyl (C=O) groups is 1. The fraction of sp³-hybridized carbons (Fsp3) is 0.462. The Kier molecular flexibility index (Phi) is 4.82. The van der Waals surface area contributed by atoms with E-state index in [9.17, 15) is 4.79 Å². The molecule has 0 fully saturated rings. The van der Waals surface area contributed by atoms with Crippen molar-refractivity contribution >= 4 is 6.09 Å². The summed E-state index contributed by atoms with van der Waals surface area (Å²) in [6.45, 7) is 4.65. The van der Waals surface area contributed by atoms with Gasteiger partial charge in [0.15, 0.2) is 0 Å². The lowest BCUT2D eigenvalue weighted by molar-refractivity contribution is 0.170. The molecule has 0 atom stereocenters. The first kappa shape index (κ1) is 13.4. The fourth-order valence-corrected chi connectivity index (χ4v) is 1.51. The number of hydrogen-bond acceptors (Lipinski definition) is 3. The molecule has 0 heterocycles. The average molecular weight is 237 g/mol. The molecule has 0 radical (unpaired) electrons. The third-order valence-corrected chi connectivity index (χ3v) is 2.59. The van der Waals surface area contributed by atoms with Gasteiger partial charge in [-0.1, -0.05) is 26.0 Å². The summed E-state index contributed by atoms with van der Waals surface area (Å²) in [5.41, 5.74) is 2.14. The highest BCUT2D eigenvalue weighted by atomic mass is 16.5. The van der Waals surface area contributed by atoms with Gasteiger partial charge in [-0.05, 0) is 17.5 Å². The summed E-state index contributed by atoms with van der Waals surface area (Å²) in [7, 11) is 2.97. The normalized spacial score (nSPS) is 10.2. The summed E-state index contributed by atoms with van der Waals surface area (Å²) in [6, 6.07) is 6.00. The maximum atomic E-state index is 11.0. The molecule has 94 valence electrons. The summed E-state index contributed by atoms with van der Waals surface area (Å²) in [6.07, 6.45) is -0.444. The van der Waals surface area contributed by atoms with Crippen molar-refractivity contribution in [2.24, 2.45) is 0 Å². The fourth-order valence-electron chi connectivity index (χ4n) is 1.51. The summed E-state index contributed by atoms with van der Waals surface area (Å²) in [4.78, 5) is 11.0. The van der Waals surface area contributed by atoms with E-state index in [0.717, 1.165) is 11.3 Å². The molecular weight excluding hydrogens is 218 g/mol. The molecule has 0 aliphatic rings. The number of hydrogen-bond donors (Lipinski definition) is 1. The first-order valence-electron chi connectivity index (χ1n) is 5.57. The van der Waals surface area contributed by atoms with Crippen LogP contribution in [0, 0.1) is 0 Å². The standard InChI is InChI=1S/C13H19NO3/c1-9(2)10-5-6-11(12(7-10)16-3)8-14-13(15)17-4/h5-7,9H,8H2,1-4H3,(H,14,15). The van der Waals surface area contributed by atoms with Gasteiger partial charge in [0.1, 0.15) is 5.75 Å². The minimum absolute atomic E-state index is 0.397. The van der Waals surface area contributed by atoms with E-state index in [4.69, 9.17) is 4.74 Å². The summed E-state index contributed by atoms with van der Waals surface area (Å²) in [5, 5.41) is 2.63. The summed E-state index contributed by atoms with van der Waals surface area (Å²) >= 11 is 0. The molecule has 1 N–H and O–H groups in total. The molecule has 1 amide bonds. The minimum atomic E-state index is -0.444. The smallest absolute Gasteiger partial charge is 0.407 e. The predicted octanol–water partition coefficient (Wildman–Crippen LogP) is 2.67. The van der Waals surface area contributed by atoms with Gasteiger partial charge in [-0.3, -0.25) is 0 Å². The molecule has 0 aromatic heterocycles. The van der Waals surface area contributed by atoms with Gasteiger partial charge in [0.25, 0.3) is 0 Å². The highest BCUT2D eigenvalue weighted by Gasteiger charge is 2.08. The maximum Gasteiger partial charge on any atom is 0.407 e. The first-order valence-corrected chi connectivity index (χ1v) is 5.57. The van der Waals surface area contributed by atoms with Crippen molar-refractivity contribution in [1.29, 1.82) is 0 Å². The molecule has 1 rings (SSSR count). The number of amides is 1. The van der Waals surface area contributed by atoms with Crippen LogP contribution in [-0.4, -0.2) is 20.3 Å². The van der Waals surface area contributed by atoms with Gasteiger partial charge in [-0.25, -0.2) is 4.79 Å². The SMILES string of the molecule is COC(=O)NCc1ccc(C(C)C)cc1OC. The van der Waals surface area contributed by atoms with Crippen molar-refractivity contribution in [3.05, 3.63) is 29.3 Å². The molecule has 0 aliphatic heterocycles. The van der Waals surface area contributed by atoms with E-state index in [0.29, 0.717) is 12.5 Å². The first-order chi connectivity index (χ1) is 8.08. The van der Waals surface area contributed by atoms with Gasteiger partial charge >= 0.3 is 6.09 Å². The number of methoxy groups -OCH3 is 2. The van der Waals surface area contributed by atoms with Crippen LogP contribution in [0.25, 0.3) is 0 Å². The zero-order chi connectivity index (χ0) is 12.8. The van der Waals surface area contributed by atoms with E-state index < -0.39 is 6.09 Å². The molecule has 0 saturated heterocycles. The lowest BCUT2D eigenvalue weighted by Gasteiger charge is -2.12. The van der Waals surface area contributed by atoms with Crippen LogP contribution in [0.2, 0.25) is 0 Å². The third-order valence-electron chi connectivity index (χ3n) is 2.59. The monoisotopic (exact) mass is 237 g/mol. The Bertz CT molecular complexity index is 388. The largest absolute Gasteiger partial charge is 0.496 e. The Labute approximate surface area is 102 Å². The number of alkyl carbamates (subject to hydrolysis) is 1. The van der Waals surface area contributed by atoms with Gasteiger partial charge in [0.05, 0.1) is 14.2 Å². The molecular formula is C13H19NO3. The van der Waals surface area contributed by atoms with Crippen molar-refractivity contribution in [3.8, 4) is 5.75 Å². The van der Waals surface area contributed by atoms with Crippen LogP contribution < -0.4 is 10.1 Å². The number of rotatable bonds is 4. The second kappa shape index (κ2) is 6.13. The van der Waals surface area contributed by atoms with Gasteiger partial charge in [0.2, 0.25) is 0 Å². The minimum Gasteiger partial charge on any atom is -0.496 e. The van der Waals surface area contributed by atoms with Crippen LogP contribution in [-0.2, 0) is 11.3 Å². The van der Waals surface area contributed by atoms with Crippen LogP contribution in [0.1, 0.15) is 30.9 Å². The lowest BCUT2D eigenvalue weighted by Crippen LogP contribution is -2.22. The molecule has 0 aliphatic carbocycles. The third kappa shape index (κ3) is 3.66. The number of benzene rings is 1. The highest BCUT2D eigenvalue weighted by Crippen LogP contribution is 2.24. The number of nitrogens with one attached hydrogen (secondary N) is 1. The van der Waals surface area contributed by atoms with Crippen LogP contribution in [0.15, 0.2) is 18.2 Å². The Morgan fingerprint density at radius 2 is 2.06 bits per heavy atom. The predicted molar refractivity (Wildman–Crippen MR) is 66.3 cm³/mol. The van der Waals surface area contributed by atoms with Crippen LogP contribution in [0.5, 0.6) is 5.75 Å². The quantitative estimate of drug-likeness (QED) is 0.875. The molecule has 1 aromatic carbocycles. The zero-order valence-electron chi connectivity index (χ0n) is 10.7. The molecule has 0 saturated carbocycles. The Morgan fingerprint density at radius 1 is 1.35 bits per heavy atom.